The number of hydrogen-bond acceptors (Lipinski definition) is 4. The monoisotopic (exact) mass is 334 g/mol. The Labute approximate surface area is 117 Å². The Morgan fingerprint density at radius 3 is 2.72 bits per heavy atom. The fourth-order valence-electron chi connectivity index (χ4n) is 1.34. The predicted octanol–water partition coefficient (Wildman–Crippen LogP) is 2.93. The molecule has 0 amide bonds. The van der Waals surface area contributed by atoms with Crippen LogP contribution in [0.3, 0.4) is 0 Å². The third kappa shape index (κ3) is 4.38. The van der Waals surface area contributed by atoms with Crippen LogP contribution >= 0.6 is 15.9 Å². The highest BCUT2D eigenvalue weighted by molar-refractivity contribution is 9.10. The first-order valence-electron chi connectivity index (χ1n) is 5.42. The van der Waals surface area contributed by atoms with Gasteiger partial charge in [-0.1, -0.05) is 6.92 Å². The van der Waals surface area contributed by atoms with Gasteiger partial charge in [-0.2, -0.15) is 0 Å². The van der Waals surface area contributed by atoms with Crippen LogP contribution in [0, 0.1) is 10.1 Å². The van der Waals surface area contributed by atoms with Gasteiger partial charge in [-0.05, 0) is 28.4 Å². The molecule has 1 aromatic rings. The van der Waals surface area contributed by atoms with E-state index in [0.717, 1.165) is 12.1 Å². The maximum absolute atomic E-state index is 11.2. The third-order valence-corrected chi connectivity index (χ3v) is 4.62. The number of non-ortho nitro benzene ring substituents is 1. The van der Waals surface area contributed by atoms with Gasteiger partial charge in [-0.15, -0.1) is 0 Å². The van der Waals surface area contributed by atoms with Crippen molar-refractivity contribution in [2.45, 2.75) is 18.6 Å². The Balaban J connectivity index is 2.58. The van der Waals surface area contributed by atoms with Gasteiger partial charge in [0.05, 0.1) is 4.92 Å². The molecule has 0 saturated carbocycles. The second-order valence-electron chi connectivity index (χ2n) is 3.95. The molecule has 0 spiro atoms. The van der Waals surface area contributed by atoms with E-state index < -0.39 is 15.7 Å². The molecule has 0 aliphatic rings. The molecule has 1 rings (SSSR count). The molecule has 0 bridgehead atoms. The highest BCUT2D eigenvalue weighted by Crippen LogP contribution is 2.27. The fraction of sp³-hybridized carbons (Fsp3) is 0.455. The summed E-state index contributed by atoms with van der Waals surface area (Å²) >= 11 is 3.28. The van der Waals surface area contributed by atoms with E-state index in [1.807, 2.05) is 6.92 Å². The number of benzene rings is 1. The van der Waals surface area contributed by atoms with Gasteiger partial charge in [0.25, 0.3) is 5.69 Å². The molecule has 0 aromatic heterocycles. The smallest absolute Gasteiger partial charge is 0.270 e. The van der Waals surface area contributed by atoms with Gasteiger partial charge in [0, 0.05) is 51.1 Å². The molecule has 18 heavy (non-hydrogen) atoms. The summed E-state index contributed by atoms with van der Waals surface area (Å²) in [7, 11) is -0.824. The average molecular weight is 335 g/mol. The van der Waals surface area contributed by atoms with Crippen LogP contribution < -0.4 is 5.32 Å². The van der Waals surface area contributed by atoms with Gasteiger partial charge in [0.15, 0.2) is 0 Å². The van der Waals surface area contributed by atoms with Crippen LogP contribution in [0.25, 0.3) is 0 Å². The third-order valence-electron chi connectivity index (χ3n) is 2.60. The van der Waals surface area contributed by atoms with E-state index in [9.17, 15) is 14.3 Å². The van der Waals surface area contributed by atoms with E-state index in [2.05, 4.69) is 21.2 Å². The number of nitrogens with zero attached hydrogens (tertiary/aromatic N) is 1. The fourth-order valence-corrected chi connectivity index (χ4v) is 2.29. The maximum atomic E-state index is 11.2. The van der Waals surface area contributed by atoms with Gasteiger partial charge in [-0.25, -0.2) is 0 Å². The van der Waals surface area contributed by atoms with Gasteiger partial charge in [0.1, 0.15) is 0 Å². The molecule has 0 fully saturated rings. The molecule has 0 radical (unpaired) electrons. The van der Waals surface area contributed by atoms with E-state index in [1.165, 1.54) is 12.1 Å². The standard InChI is InChI=1S/C11H15BrN2O3S/c1-8(18(2)17)5-6-13-11-4-3-9(14(15)16)7-10(11)12/h3-4,7-8,13H,5-6H2,1-2H3. The number of rotatable bonds is 6. The van der Waals surface area contributed by atoms with Crippen LogP contribution in [0.2, 0.25) is 0 Å². The molecule has 2 unspecified atom stereocenters. The Bertz CT molecular complexity index is 468. The van der Waals surface area contributed by atoms with Crippen molar-refractivity contribution < 1.29 is 9.13 Å². The molecule has 0 aliphatic carbocycles. The van der Waals surface area contributed by atoms with E-state index in [-0.39, 0.29) is 10.9 Å². The SMILES string of the molecule is CC(CCNc1ccc([N+](=O)[O-])cc1Br)S(C)=O. The molecule has 100 valence electrons. The minimum atomic E-state index is -0.824. The highest BCUT2D eigenvalue weighted by atomic mass is 79.9. The normalized spacial score (nSPS) is 13.9. The zero-order chi connectivity index (χ0) is 13.7. The zero-order valence-corrected chi connectivity index (χ0v) is 12.6. The minimum absolute atomic E-state index is 0.0513. The summed E-state index contributed by atoms with van der Waals surface area (Å²) in [6.07, 6.45) is 2.47. The lowest BCUT2D eigenvalue weighted by atomic mass is 10.2. The first-order chi connectivity index (χ1) is 8.41. The Morgan fingerprint density at radius 1 is 1.56 bits per heavy atom. The van der Waals surface area contributed by atoms with Crippen molar-refractivity contribution >= 4 is 38.1 Å². The van der Waals surface area contributed by atoms with Crippen molar-refractivity contribution in [1.29, 1.82) is 0 Å². The molecular weight excluding hydrogens is 320 g/mol. The van der Waals surface area contributed by atoms with Gasteiger partial charge in [0.2, 0.25) is 0 Å². The van der Waals surface area contributed by atoms with Crippen molar-refractivity contribution in [1.82, 2.24) is 0 Å². The summed E-state index contributed by atoms with van der Waals surface area (Å²) in [6.45, 7) is 2.61. The average Bonchev–Trinajstić information content (AvgIpc) is 2.30. The van der Waals surface area contributed by atoms with E-state index in [0.29, 0.717) is 11.0 Å². The van der Waals surface area contributed by atoms with Crippen LogP contribution in [0.5, 0.6) is 0 Å². The second kappa shape index (κ2) is 6.84. The lowest BCUT2D eigenvalue weighted by Gasteiger charge is -2.11. The van der Waals surface area contributed by atoms with Crippen LogP contribution in [0.15, 0.2) is 22.7 Å². The minimum Gasteiger partial charge on any atom is -0.384 e. The van der Waals surface area contributed by atoms with Crippen LogP contribution in [0.1, 0.15) is 13.3 Å². The molecule has 0 heterocycles. The Hall–Kier alpha value is -0.950. The van der Waals surface area contributed by atoms with Gasteiger partial charge < -0.3 is 5.32 Å². The number of nitrogens with one attached hydrogen (secondary N) is 1. The van der Waals surface area contributed by atoms with Crippen molar-refractivity contribution in [3.05, 3.63) is 32.8 Å². The predicted molar refractivity (Wildman–Crippen MR) is 77.4 cm³/mol. The molecule has 0 saturated heterocycles. The summed E-state index contributed by atoms with van der Waals surface area (Å²) in [5.74, 6) is 0. The molecule has 7 heteroatoms. The number of anilines is 1. The van der Waals surface area contributed by atoms with Crippen molar-refractivity contribution in [3.63, 3.8) is 0 Å². The molecule has 0 aliphatic heterocycles. The number of halogens is 1. The molecule has 5 nitrogen and oxygen atoms in total. The summed E-state index contributed by atoms with van der Waals surface area (Å²) < 4.78 is 11.8. The van der Waals surface area contributed by atoms with Crippen molar-refractivity contribution in [3.8, 4) is 0 Å². The summed E-state index contributed by atoms with van der Waals surface area (Å²) in [5.41, 5.74) is 0.852. The summed E-state index contributed by atoms with van der Waals surface area (Å²) in [5, 5.41) is 13.9. The lowest BCUT2D eigenvalue weighted by Crippen LogP contribution is -2.15. The van der Waals surface area contributed by atoms with Crippen LogP contribution in [-0.2, 0) is 10.8 Å². The second-order valence-corrected chi connectivity index (χ2v) is 6.60. The van der Waals surface area contributed by atoms with Crippen molar-refractivity contribution in [2.24, 2.45) is 0 Å². The molecule has 2 atom stereocenters. The van der Waals surface area contributed by atoms with Gasteiger partial charge in [-0.3, -0.25) is 14.3 Å². The van der Waals surface area contributed by atoms with Crippen LogP contribution in [0.4, 0.5) is 11.4 Å². The highest BCUT2D eigenvalue weighted by Gasteiger charge is 2.10. The first-order valence-corrected chi connectivity index (χ1v) is 7.83. The number of hydrogen-bond donors (Lipinski definition) is 1. The topological polar surface area (TPSA) is 72.2 Å². The number of nitro groups is 1. The summed E-state index contributed by atoms with van der Waals surface area (Å²) in [4.78, 5) is 10.1. The molecule has 1 aromatic carbocycles. The Morgan fingerprint density at radius 2 is 2.22 bits per heavy atom. The van der Waals surface area contributed by atoms with Crippen molar-refractivity contribution in [2.75, 3.05) is 18.1 Å². The van der Waals surface area contributed by atoms with Gasteiger partial charge >= 0.3 is 0 Å². The molecule has 1 N–H and O–H groups in total. The Kier molecular flexibility index (Phi) is 5.74. The summed E-state index contributed by atoms with van der Waals surface area (Å²) in [6, 6.07) is 4.58. The van der Waals surface area contributed by atoms with E-state index in [1.54, 1.807) is 12.3 Å². The number of nitro benzene ring substituents is 1. The maximum Gasteiger partial charge on any atom is 0.270 e. The quantitative estimate of drug-likeness (QED) is 0.641. The zero-order valence-electron chi connectivity index (χ0n) is 10.2. The van der Waals surface area contributed by atoms with E-state index in [4.69, 9.17) is 0 Å². The first kappa shape index (κ1) is 15.1. The largest absolute Gasteiger partial charge is 0.384 e. The van der Waals surface area contributed by atoms with E-state index >= 15 is 0 Å². The lowest BCUT2D eigenvalue weighted by molar-refractivity contribution is -0.384. The molecular formula is C11H15BrN2O3S. The van der Waals surface area contributed by atoms with Crippen LogP contribution in [-0.4, -0.2) is 27.2 Å².